The second-order valence-corrected chi connectivity index (χ2v) is 13.9. The largest absolute Gasteiger partial charge is 0.416 e. The first kappa shape index (κ1) is 35.1. The molecule has 1 saturated carbocycles. The molecule has 1 aliphatic heterocycles. The zero-order chi connectivity index (χ0) is 31.3. The summed E-state index contributed by atoms with van der Waals surface area (Å²) in [5.41, 5.74) is 2.59. The fourth-order valence-corrected chi connectivity index (χ4v) is 7.73. The molecule has 45 heavy (non-hydrogen) atoms. The van der Waals surface area contributed by atoms with Gasteiger partial charge in [0.05, 0.1) is 29.1 Å². The summed E-state index contributed by atoms with van der Waals surface area (Å²) < 4.78 is 62.3. The molecular formula is C33H41ClF3N3O4S. The Balaban J connectivity index is 0.00000461. The molecule has 1 saturated heterocycles. The van der Waals surface area contributed by atoms with Crippen molar-refractivity contribution in [3.63, 3.8) is 0 Å². The van der Waals surface area contributed by atoms with Crippen molar-refractivity contribution < 1.29 is 32.2 Å². The van der Waals surface area contributed by atoms with Gasteiger partial charge in [0, 0.05) is 25.2 Å². The number of anilines is 1. The highest BCUT2D eigenvalue weighted by molar-refractivity contribution is 8.25. The Morgan fingerprint density at radius 1 is 0.956 bits per heavy atom. The number of carbonyl (C=O) groups excluding carboxylic acids is 1. The third-order valence-corrected chi connectivity index (χ3v) is 10.4. The number of aliphatic hydroxyl groups is 1. The fraction of sp³-hybridized carbons (Fsp3) is 0.424. The first-order chi connectivity index (χ1) is 21.0. The van der Waals surface area contributed by atoms with Crippen molar-refractivity contribution in [3.05, 3.63) is 101 Å². The maximum Gasteiger partial charge on any atom is 0.416 e. The average Bonchev–Trinajstić information content (AvgIpc) is 3.66. The smallest absolute Gasteiger partial charge is 0.390 e. The Kier molecular flexibility index (Phi) is 11.8. The second kappa shape index (κ2) is 15.2. The van der Waals surface area contributed by atoms with Crippen LogP contribution in [0.15, 0.2) is 72.8 Å². The van der Waals surface area contributed by atoms with Crippen LogP contribution < -0.4 is 14.9 Å². The number of aliphatic hydroxyl groups excluding tert-OH is 1. The molecule has 0 bridgehead atoms. The zero-order valence-electron chi connectivity index (χ0n) is 24.9. The molecule has 3 aromatic rings. The Bertz CT molecular complexity index is 1420. The lowest BCUT2D eigenvalue weighted by atomic mass is 9.94. The number of hydrogen-bond acceptors (Lipinski definition) is 6. The van der Waals surface area contributed by atoms with Crippen molar-refractivity contribution in [2.75, 3.05) is 23.1 Å². The van der Waals surface area contributed by atoms with Gasteiger partial charge in [0.15, 0.2) is 0 Å². The summed E-state index contributed by atoms with van der Waals surface area (Å²) in [6.45, 7) is 0.641. The number of benzene rings is 3. The number of nitrogens with one attached hydrogen (secondary N) is 2. The summed E-state index contributed by atoms with van der Waals surface area (Å²) in [5, 5.41) is 17.3. The Labute approximate surface area is 270 Å². The van der Waals surface area contributed by atoms with E-state index in [1.807, 2.05) is 42.5 Å². The summed E-state index contributed by atoms with van der Waals surface area (Å²) in [6.07, 6.45) is -0.282. The number of halogens is 4. The minimum atomic E-state index is -4.44. The van der Waals surface area contributed by atoms with E-state index in [0.29, 0.717) is 42.0 Å². The SMILES string of the molecule is Cl.O=C(N[C@@H](Cc1ccccc1)[C@@H](O)CNCc1cccc(C(F)(F)F)c1)c1cc(C2CCCC2)cc(N2CCCS2(O)O)c1. The van der Waals surface area contributed by atoms with Crippen molar-refractivity contribution in [2.24, 2.45) is 0 Å². The number of hydrogen-bond donors (Lipinski definition) is 5. The van der Waals surface area contributed by atoms with Crippen molar-refractivity contribution >= 4 is 34.8 Å². The molecule has 0 aromatic heterocycles. The van der Waals surface area contributed by atoms with Crippen LogP contribution in [-0.4, -0.2) is 51.1 Å². The quantitative estimate of drug-likeness (QED) is 0.149. The van der Waals surface area contributed by atoms with Gasteiger partial charge in [-0.2, -0.15) is 13.2 Å². The molecule has 1 amide bonds. The van der Waals surface area contributed by atoms with Crippen LogP contribution in [0.5, 0.6) is 0 Å². The Morgan fingerprint density at radius 3 is 2.33 bits per heavy atom. The number of carbonyl (C=O) groups is 1. The van der Waals surface area contributed by atoms with Gasteiger partial charge in [0.2, 0.25) is 0 Å². The van der Waals surface area contributed by atoms with Gasteiger partial charge >= 0.3 is 6.18 Å². The van der Waals surface area contributed by atoms with Gasteiger partial charge in [0.1, 0.15) is 0 Å². The van der Waals surface area contributed by atoms with E-state index in [1.165, 1.54) is 6.07 Å². The predicted octanol–water partition coefficient (Wildman–Crippen LogP) is 7.15. The molecule has 2 atom stereocenters. The molecule has 1 aliphatic carbocycles. The normalized spacial score (nSPS) is 18.7. The van der Waals surface area contributed by atoms with E-state index < -0.39 is 34.7 Å². The van der Waals surface area contributed by atoms with E-state index in [2.05, 4.69) is 10.6 Å². The van der Waals surface area contributed by atoms with Gasteiger partial charge in [-0.05, 0) is 72.6 Å². The van der Waals surface area contributed by atoms with Crippen LogP contribution in [0.1, 0.15) is 70.6 Å². The molecule has 0 radical (unpaired) electrons. The van der Waals surface area contributed by atoms with E-state index >= 15 is 0 Å². The third-order valence-electron chi connectivity index (χ3n) is 8.47. The maximum absolute atomic E-state index is 13.8. The summed E-state index contributed by atoms with van der Waals surface area (Å²) in [5.74, 6) is 0.192. The third kappa shape index (κ3) is 9.15. The van der Waals surface area contributed by atoms with Crippen molar-refractivity contribution in [1.29, 1.82) is 0 Å². The van der Waals surface area contributed by atoms with Gasteiger partial charge in [0.25, 0.3) is 5.91 Å². The maximum atomic E-state index is 13.8. The topological polar surface area (TPSA) is 105 Å². The van der Waals surface area contributed by atoms with Gasteiger partial charge in [-0.1, -0.05) is 61.4 Å². The van der Waals surface area contributed by atoms with E-state index in [9.17, 15) is 32.2 Å². The lowest BCUT2D eigenvalue weighted by Crippen LogP contribution is -2.48. The minimum absolute atomic E-state index is 0. The van der Waals surface area contributed by atoms with Crippen LogP contribution in [0.3, 0.4) is 0 Å². The number of alkyl halides is 3. The minimum Gasteiger partial charge on any atom is -0.390 e. The standard InChI is InChI=1S/C33H40F3N3O4S.ClH/c34-33(35,36)28-13-6-10-24(16-28)21-37-22-31(40)30(17-23-8-2-1-3-9-23)38-32(41)27-18-26(25-11-4-5-12-25)19-29(20-27)39-14-7-15-44(39,42)43;/h1-3,6,8-10,13,16,18-20,25,30-31,37,40,42-43H,4-5,7,11-12,14-15,17,21-22H2,(H,38,41);1H/t30-,31-;/m0./s1. The highest BCUT2D eigenvalue weighted by atomic mass is 35.5. The zero-order valence-corrected chi connectivity index (χ0v) is 26.5. The fourth-order valence-electron chi connectivity index (χ4n) is 6.13. The van der Waals surface area contributed by atoms with Gasteiger partial charge < -0.3 is 15.7 Å². The van der Waals surface area contributed by atoms with Crippen LogP contribution in [0, 0.1) is 0 Å². The summed E-state index contributed by atoms with van der Waals surface area (Å²) in [4.78, 5) is 13.8. The second-order valence-electron chi connectivity index (χ2n) is 11.8. The monoisotopic (exact) mass is 667 g/mol. The highest BCUT2D eigenvalue weighted by Crippen LogP contribution is 2.51. The van der Waals surface area contributed by atoms with Crippen LogP contribution in [0.2, 0.25) is 0 Å². The number of nitrogens with zero attached hydrogens (tertiary/aromatic N) is 1. The molecule has 1 heterocycles. The number of amides is 1. The molecule has 12 heteroatoms. The molecule has 7 nitrogen and oxygen atoms in total. The molecule has 0 spiro atoms. The molecule has 5 N–H and O–H groups in total. The van der Waals surface area contributed by atoms with Crippen molar-refractivity contribution in [2.45, 2.75) is 69.3 Å². The molecule has 3 aromatic carbocycles. The Hall–Kier alpha value is -2.80. The lowest BCUT2D eigenvalue weighted by molar-refractivity contribution is -0.137. The van der Waals surface area contributed by atoms with Gasteiger partial charge in [-0.25, -0.2) is 0 Å². The summed E-state index contributed by atoms with van der Waals surface area (Å²) in [6, 6.07) is 19.3. The molecular weight excluding hydrogens is 627 g/mol. The Morgan fingerprint density at radius 2 is 1.67 bits per heavy atom. The molecule has 5 rings (SSSR count). The lowest BCUT2D eigenvalue weighted by Gasteiger charge is -2.38. The van der Waals surface area contributed by atoms with Crippen molar-refractivity contribution in [3.8, 4) is 0 Å². The molecule has 2 fully saturated rings. The van der Waals surface area contributed by atoms with E-state index in [4.69, 9.17) is 0 Å². The van der Waals surface area contributed by atoms with Crippen LogP contribution in [0.4, 0.5) is 18.9 Å². The van der Waals surface area contributed by atoms with Gasteiger partial charge in [-0.3, -0.25) is 18.2 Å². The van der Waals surface area contributed by atoms with Crippen molar-refractivity contribution in [1.82, 2.24) is 10.6 Å². The van der Waals surface area contributed by atoms with Gasteiger partial charge in [-0.15, -0.1) is 23.2 Å². The van der Waals surface area contributed by atoms with E-state index in [-0.39, 0.29) is 37.3 Å². The van der Waals surface area contributed by atoms with Crippen LogP contribution in [0.25, 0.3) is 0 Å². The average molecular weight is 668 g/mol. The summed E-state index contributed by atoms with van der Waals surface area (Å²) in [7, 11) is -2.95. The van der Waals surface area contributed by atoms with Crippen LogP contribution in [-0.2, 0) is 19.1 Å². The molecule has 246 valence electrons. The predicted molar refractivity (Wildman–Crippen MR) is 175 cm³/mol. The highest BCUT2D eigenvalue weighted by Gasteiger charge is 2.32. The van der Waals surface area contributed by atoms with E-state index in [0.717, 1.165) is 48.9 Å². The first-order valence-corrected chi connectivity index (χ1v) is 16.8. The summed E-state index contributed by atoms with van der Waals surface area (Å²) >= 11 is 0. The first-order valence-electron chi connectivity index (χ1n) is 15.1. The molecule has 0 unspecified atom stereocenters. The van der Waals surface area contributed by atoms with E-state index in [1.54, 1.807) is 16.4 Å². The number of rotatable bonds is 11. The van der Waals surface area contributed by atoms with Crippen LogP contribution >= 0.6 is 23.2 Å². The molecule has 2 aliphatic rings.